The van der Waals surface area contributed by atoms with E-state index in [0.29, 0.717) is 11.9 Å². The molecule has 132 valence electrons. The summed E-state index contributed by atoms with van der Waals surface area (Å²) in [6, 6.07) is 5.68. The van der Waals surface area contributed by atoms with Crippen LogP contribution in [0.4, 0.5) is 30.2 Å². The van der Waals surface area contributed by atoms with E-state index in [1.165, 1.54) is 0 Å². The van der Waals surface area contributed by atoms with Crippen molar-refractivity contribution < 1.29 is 23.0 Å². The summed E-state index contributed by atoms with van der Waals surface area (Å²) in [5.41, 5.74) is -2.51. The molecule has 0 atom stereocenters. The second kappa shape index (κ2) is 7.15. The molecular weight excluding hydrogens is 387 g/mol. The molecule has 2 rings (SSSR count). The van der Waals surface area contributed by atoms with Gasteiger partial charge in [-0.25, -0.2) is 0 Å². The van der Waals surface area contributed by atoms with Crippen molar-refractivity contribution in [2.75, 3.05) is 4.72 Å². The van der Waals surface area contributed by atoms with Gasteiger partial charge in [-0.05, 0) is 36.2 Å². The second-order valence-electron chi connectivity index (χ2n) is 4.56. The molecule has 0 saturated carbocycles. The van der Waals surface area contributed by atoms with Crippen molar-refractivity contribution in [3.8, 4) is 0 Å². The van der Waals surface area contributed by atoms with Gasteiger partial charge in [0.1, 0.15) is 4.90 Å². The van der Waals surface area contributed by atoms with Crippen molar-refractivity contribution in [1.29, 1.82) is 0 Å². The van der Waals surface area contributed by atoms with Crippen molar-refractivity contribution >= 4 is 40.6 Å². The molecule has 0 amide bonds. The van der Waals surface area contributed by atoms with E-state index in [2.05, 4.69) is 4.72 Å². The van der Waals surface area contributed by atoms with Crippen molar-refractivity contribution in [2.24, 2.45) is 0 Å². The van der Waals surface area contributed by atoms with Gasteiger partial charge in [0.15, 0.2) is 0 Å². The summed E-state index contributed by atoms with van der Waals surface area (Å²) in [6.45, 7) is 0. The molecule has 1 N–H and O–H groups in total. The highest BCUT2D eigenvalue weighted by atomic mass is 35.5. The Morgan fingerprint density at radius 3 is 2.28 bits per heavy atom. The first kappa shape index (κ1) is 18.8. The number of alkyl halides is 3. The van der Waals surface area contributed by atoms with Crippen LogP contribution in [0, 0.1) is 20.2 Å². The van der Waals surface area contributed by atoms with Gasteiger partial charge in [0.05, 0.1) is 27.2 Å². The maximum absolute atomic E-state index is 13.0. The molecule has 2 aromatic rings. The van der Waals surface area contributed by atoms with Crippen LogP contribution >= 0.6 is 23.5 Å². The van der Waals surface area contributed by atoms with E-state index in [-0.39, 0.29) is 9.92 Å². The number of nitrogens with zero attached hydrogens (tertiary/aromatic N) is 2. The number of non-ortho nitro benzene ring substituents is 1. The largest absolute Gasteiger partial charge is 0.418 e. The minimum absolute atomic E-state index is 0.0364. The highest BCUT2D eigenvalue weighted by molar-refractivity contribution is 8.00. The zero-order chi connectivity index (χ0) is 18.8. The van der Waals surface area contributed by atoms with Gasteiger partial charge in [-0.1, -0.05) is 11.6 Å². The average molecular weight is 394 g/mol. The zero-order valence-electron chi connectivity index (χ0n) is 11.9. The van der Waals surface area contributed by atoms with Crippen LogP contribution in [-0.2, 0) is 6.18 Å². The average Bonchev–Trinajstić information content (AvgIpc) is 2.51. The van der Waals surface area contributed by atoms with Crippen molar-refractivity contribution in [2.45, 2.75) is 11.1 Å². The molecule has 0 aliphatic heterocycles. The molecule has 0 unspecified atom stereocenters. The summed E-state index contributed by atoms with van der Waals surface area (Å²) in [5.74, 6) is 0. The van der Waals surface area contributed by atoms with Crippen LogP contribution in [0.15, 0.2) is 41.3 Å². The molecule has 7 nitrogen and oxygen atoms in total. The zero-order valence-corrected chi connectivity index (χ0v) is 13.5. The topological polar surface area (TPSA) is 98.3 Å². The Bertz CT molecular complexity index is 848. The summed E-state index contributed by atoms with van der Waals surface area (Å²) >= 11 is 6.20. The van der Waals surface area contributed by atoms with Crippen molar-refractivity contribution in [3.05, 3.63) is 67.2 Å². The summed E-state index contributed by atoms with van der Waals surface area (Å²) in [5, 5.41) is 21.7. The molecule has 12 heteroatoms. The van der Waals surface area contributed by atoms with E-state index in [4.69, 9.17) is 11.6 Å². The standard InChI is InChI=1S/C13H7ClF3N3O4S/c14-7-1-3-9(13(15,16)17)10(5-7)18-25-12-4-2-8(19(21)22)6-11(12)20(23)24/h1-6,18H. The Morgan fingerprint density at radius 2 is 1.72 bits per heavy atom. The number of nitrogens with one attached hydrogen (secondary N) is 1. The quantitative estimate of drug-likeness (QED) is 0.420. The minimum Gasteiger partial charge on any atom is -0.325 e. The summed E-state index contributed by atoms with van der Waals surface area (Å²) < 4.78 is 41.3. The minimum atomic E-state index is -4.66. The number of rotatable bonds is 5. The molecular formula is C13H7ClF3N3O4S. The monoisotopic (exact) mass is 393 g/mol. The van der Waals surface area contributed by atoms with Crippen molar-refractivity contribution in [3.63, 3.8) is 0 Å². The SMILES string of the molecule is O=[N+]([O-])c1ccc(SNc2cc(Cl)ccc2C(F)(F)F)c([N+](=O)[O-])c1. The number of nitro benzene ring substituents is 2. The van der Waals surface area contributed by atoms with Gasteiger partial charge in [-0.15, -0.1) is 0 Å². The third kappa shape index (κ3) is 4.51. The van der Waals surface area contributed by atoms with E-state index in [1.54, 1.807) is 0 Å². The van der Waals surface area contributed by atoms with Crippen LogP contribution in [0.2, 0.25) is 5.02 Å². The number of benzene rings is 2. The van der Waals surface area contributed by atoms with Crippen LogP contribution in [0.5, 0.6) is 0 Å². The molecule has 0 saturated heterocycles. The summed E-state index contributed by atoms with van der Waals surface area (Å²) in [7, 11) is 0. The molecule has 0 aromatic heterocycles. The molecule has 2 aromatic carbocycles. The van der Waals surface area contributed by atoms with E-state index in [9.17, 15) is 33.4 Å². The summed E-state index contributed by atoms with van der Waals surface area (Å²) in [4.78, 5) is 19.9. The first-order chi connectivity index (χ1) is 11.6. The van der Waals surface area contributed by atoms with E-state index in [1.807, 2.05) is 0 Å². The van der Waals surface area contributed by atoms with Crippen molar-refractivity contribution in [1.82, 2.24) is 0 Å². The molecule has 0 radical (unpaired) electrons. The molecule has 0 fully saturated rings. The fraction of sp³-hybridized carbons (Fsp3) is 0.0769. The lowest BCUT2D eigenvalue weighted by Crippen LogP contribution is -2.08. The lowest BCUT2D eigenvalue weighted by molar-refractivity contribution is -0.396. The maximum Gasteiger partial charge on any atom is 0.418 e. The number of anilines is 1. The van der Waals surface area contributed by atoms with Crippen LogP contribution in [0.1, 0.15) is 5.56 Å². The lowest BCUT2D eigenvalue weighted by atomic mass is 10.2. The number of halogens is 4. The molecule has 25 heavy (non-hydrogen) atoms. The predicted octanol–water partition coefficient (Wildman–Crippen LogP) is 5.29. The number of hydrogen-bond donors (Lipinski definition) is 1. The Labute approximate surface area is 147 Å². The fourth-order valence-corrected chi connectivity index (χ4v) is 2.74. The Morgan fingerprint density at radius 1 is 1.04 bits per heavy atom. The van der Waals surface area contributed by atoms with Crippen LogP contribution in [-0.4, -0.2) is 9.85 Å². The first-order valence-corrected chi connectivity index (χ1v) is 7.51. The Kier molecular flexibility index (Phi) is 5.38. The molecule has 0 bridgehead atoms. The first-order valence-electron chi connectivity index (χ1n) is 6.32. The molecule has 0 aliphatic rings. The highest BCUT2D eigenvalue weighted by Crippen LogP contribution is 2.39. The van der Waals surface area contributed by atoms with Crippen LogP contribution in [0.3, 0.4) is 0 Å². The Balaban J connectivity index is 2.35. The molecule has 0 aliphatic carbocycles. The van der Waals surface area contributed by atoms with E-state index in [0.717, 1.165) is 36.4 Å². The van der Waals surface area contributed by atoms with Gasteiger partial charge < -0.3 is 4.72 Å². The fourth-order valence-electron chi connectivity index (χ4n) is 1.81. The lowest BCUT2D eigenvalue weighted by Gasteiger charge is -2.14. The van der Waals surface area contributed by atoms with E-state index < -0.39 is 38.6 Å². The third-order valence-electron chi connectivity index (χ3n) is 2.91. The normalized spacial score (nSPS) is 11.2. The van der Waals surface area contributed by atoms with E-state index >= 15 is 0 Å². The number of nitro groups is 2. The third-order valence-corrected chi connectivity index (χ3v) is 4.03. The van der Waals surface area contributed by atoms with Crippen LogP contribution < -0.4 is 4.72 Å². The predicted molar refractivity (Wildman–Crippen MR) is 85.7 cm³/mol. The highest BCUT2D eigenvalue weighted by Gasteiger charge is 2.33. The molecule has 0 heterocycles. The summed E-state index contributed by atoms with van der Waals surface area (Å²) in [6.07, 6.45) is -4.66. The van der Waals surface area contributed by atoms with Gasteiger partial charge in [0.25, 0.3) is 11.4 Å². The van der Waals surface area contributed by atoms with Crippen LogP contribution in [0.25, 0.3) is 0 Å². The Hall–Kier alpha value is -2.53. The molecule has 0 spiro atoms. The second-order valence-corrected chi connectivity index (χ2v) is 5.84. The smallest absolute Gasteiger partial charge is 0.325 e. The van der Waals surface area contributed by atoms with Gasteiger partial charge in [0, 0.05) is 11.1 Å². The van der Waals surface area contributed by atoms with Gasteiger partial charge in [-0.3, -0.25) is 20.2 Å². The van der Waals surface area contributed by atoms with Gasteiger partial charge >= 0.3 is 6.18 Å². The number of hydrogen-bond acceptors (Lipinski definition) is 6. The maximum atomic E-state index is 13.0. The van der Waals surface area contributed by atoms with Gasteiger partial charge in [-0.2, -0.15) is 13.2 Å². The van der Waals surface area contributed by atoms with Gasteiger partial charge in [0.2, 0.25) is 0 Å².